The summed E-state index contributed by atoms with van der Waals surface area (Å²) in [5.41, 5.74) is 3.40. The number of hydrogen-bond donors (Lipinski definition) is 2. The number of thioether (sulfide) groups is 1. The molecule has 0 bridgehead atoms. The molecule has 1 aliphatic heterocycles. The minimum Gasteiger partial charge on any atom is -0.378 e. The number of nitrogens with two attached hydrogens (primary N) is 1. The maximum absolute atomic E-state index is 12.2. The summed E-state index contributed by atoms with van der Waals surface area (Å²) in [4.78, 5) is 14.2. The Morgan fingerprint density at radius 3 is 2.70 bits per heavy atom. The van der Waals surface area contributed by atoms with E-state index in [1.807, 2.05) is 32.3 Å². The Balaban J connectivity index is 1.32. The van der Waals surface area contributed by atoms with E-state index in [4.69, 9.17) is 4.74 Å². The van der Waals surface area contributed by atoms with Gasteiger partial charge >= 0.3 is 5.69 Å². The van der Waals surface area contributed by atoms with Crippen molar-refractivity contribution >= 4 is 17.4 Å². The van der Waals surface area contributed by atoms with Gasteiger partial charge in [-0.3, -0.25) is 4.57 Å². The van der Waals surface area contributed by atoms with Crippen LogP contribution in [0.5, 0.6) is 0 Å². The number of anilines is 1. The topological polar surface area (TPSA) is 79.8 Å². The summed E-state index contributed by atoms with van der Waals surface area (Å²) in [6.07, 6.45) is 0.932. The quantitative estimate of drug-likeness (QED) is 0.535. The third kappa shape index (κ3) is 4.95. The van der Waals surface area contributed by atoms with Crippen LogP contribution in [0.2, 0.25) is 0 Å². The number of quaternary nitrogens is 1. The van der Waals surface area contributed by atoms with Crippen molar-refractivity contribution in [2.45, 2.75) is 30.5 Å². The predicted octanol–water partition coefficient (Wildman–Crippen LogP) is 1.63. The van der Waals surface area contributed by atoms with Gasteiger partial charge in [0, 0.05) is 37.6 Å². The lowest BCUT2D eigenvalue weighted by Crippen LogP contribution is -2.82. The van der Waals surface area contributed by atoms with Gasteiger partial charge in [-0.2, -0.15) is 0 Å². The Kier molecular flexibility index (Phi) is 6.56. The number of benzene rings is 2. The number of aromatic nitrogens is 3. The van der Waals surface area contributed by atoms with E-state index in [0.29, 0.717) is 6.54 Å². The highest BCUT2D eigenvalue weighted by molar-refractivity contribution is 7.99. The van der Waals surface area contributed by atoms with Crippen LogP contribution in [-0.4, -0.2) is 47.3 Å². The largest absolute Gasteiger partial charge is 0.378 e. The molecule has 8 heteroatoms. The second-order valence-electron chi connectivity index (χ2n) is 7.65. The molecule has 30 heavy (non-hydrogen) atoms. The SMILES string of the molecule is CN(C)c1ccc([C@@H]2[NH2+]C[C@@H](CSc3n[nH]c(=O)n3CCc3ccccc3)O2)cc1. The van der Waals surface area contributed by atoms with Gasteiger partial charge in [-0.05, 0) is 36.2 Å². The van der Waals surface area contributed by atoms with Gasteiger partial charge in [-0.25, -0.2) is 9.89 Å². The molecule has 1 fully saturated rings. The lowest BCUT2D eigenvalue weighted by Gasteiger charge is -2.14. The number of hydrogen-bond acceptors (Lipinski definition) is 5. The van der Waals surface area contributed by atoms with E-state index in [2.05, 4.69) is 56.8 Å². The molecule has 158 valence electrons. The third-order valence-corrected chi connectivity index (χ3v) is 6.39. The molecule has 2 heterocycles. The molecule has 0 unspecified atom stereocenters. The lowest BCUT2D eigenvalue weighted by molar-refractivity contribution is -0.697. The monoisotopic (exact) mass is 426 g/mol. The molecule has 3 N–H and O–H groups in total. The Bertz CT molecular complexity index is 1000. The van der Waals surface area contributed by atoms with Crippen molar-refractivity contribution in [3.63, 3.8) is 0 Å². The summed E-state index contributed by atoms with van der Waals surface area (Å²) in [6, 6.07) is 18.7. The maximum atomic E-state index is 12.2. The third-order valence-electron chi connectivity index (χ3n) is 5.28. The number of nitrogens with zero attached hydrogens (tertiary/aromatic N) is 3. The molecule has 0 saturated carbocycles. The average molecular weight is 427 g/mol. The van der Waals surface area contributed by atoms with E-state index in [0.717, 1.165) is 23.9 Å². The molecule has 0 radical (unpaired) electrons. The van der Waals surface area contributed by atoms with Crippen molar-refractivity contribution < 1.29 is 10.1 Å². The normalized spacial score (nSPS) is 18.6. The first kappa shape index (κ1) is 20.7. The molecule has 7 nitrogen and oxygen atoms in total. The van der Waals surface area contributed by atoms with Crippen molar-refractivity contribution in [3.8, 4) is 0 Å². The van der Waals surface area contributed by atoms with E-state index in [1.165, 1.54) is 16.8 Å². The van der Waals surface area contributed by atoms with Crippen LogP contribution in [0, 0.1) is 0 Å². The molecule has 1 aromatic heterocycles. The highest BCUT2D eigenvalue weighted by atomic mass is 32.2. The van der Waals surface area contributed by atoms with Gasteiger partial charge < -0.3 is 15.0 Å². The molecule has 2 aromatic carbocycles. The van der Waals surface area contributed by atoms with Crippen LogP contribution < -0.4 is 15.9 Å². The van der Waals surface area contributed by atoms with Gasteiger partial charge in [0.1, 0.15) is 12.6 Å². The standard InChI is InChI=1S/C22H27N5O2S/c1-26(2)18-10-8-17(9-11-18)20-23-14-19(29-20)15-30-22-25-24-21(28)27(22)13-12-16-6-4-3-5-7-16/h3-11,19-20,23H,12-15H2,1-2H3,(H,24,28)/p+1/t19-,20+/m0/s1. The van der Waals surface area contributed by atoms with E-state index < -0.39 is 0 Å². The zero-order valence-electron chi connectivity index (χ0n) is 17.3. The fourth-order valence-electron chi connectivity index (χ4n) is 3.54. The molecule has 3 aromatic rings. The van der Waals surface area contributed by atoms with Crippen molar-refractivity contribution in [3.05, 3.63) is 76.2 Å². The second kappa shape index (κ2) is 9.51. The molecule has 1 saturated heterocycles. The van der Waals surface area contributed by atoms with E-state index in [-0.39, 0.29) is 18.0 Å². The van der Waals surface area contributed by atoms with Crippen molar-refractivity contribution in [1.82, 2.24) is 14.8 Å². The van der Waals surface area contributed by atoms with Gasteiger partial charge in [0.15, 0.2) is 5.16 Å². The van der Waals surface area contributed by atoms with Gasteiger partial charge in [0.2, 0.25) is 6.23 Å². The molecule has 1 aliphatic rings. The highest BCUT2D eigenvalue weighted by Crippen LogP contribution is 2.23. The van der Waals surface area contributed by atoms with Crippen LogP contribution in [-0.2, 0) is 17.7 Å². The maximum Gasteiger partial charge on any atom is 0.343 e. The van der Waals surface area contributed by atoms with E-state index in [1.54, 1.807) is 16.3 Å². The van der Waals surface area contributed by atoms with Gasteiger partial charge in [-0.1, -0.05) is 42.1 Å². The summed E-state index contributed by atoms with van der Waals surface area (Å²) in [5, 5.41) is 9.74. The van der Waals surface area contributed by atoms with Crippen LogP contribution in [0.4, 0.5) is 5.69 Å². The molecular weight excluding hydrogens is 398 g/mol. The van der Waals surface area contributed by atoms with Gasteiger partial charge in [0.25, 0.3) is 0 Å². The molecule has 0 amide bonds. The first-order valence-electron chi connectivity index (χ1n) is 10.2. The van der Waals surface area contributed by atoms with Crippen LogP contribution in [0.25, 0.3) is 0 Å². The van der Waals surface area contributed by atoms with Crippen molar-refractivity contribution in [2.24, 2.45) is 0 Å². The zero-order chi connectivity index (χ0) is 20.9. The minimum absolute atomic E-state index is 0.0197. The number of nitrogens with one attached hydrogen (secondary N) is 1. The Labute approximate surface area is 180 Å². The Morgan fingerprint density at radius 1 is 1.20 bits per heavy atom. The fraction of sp³-hybridized carbons (Fsp3) is 0.364. The van der Waals surface area contributed by atoms with E-state index in [9.17, 15) is 4.79 Å². The van der Waals surface area contributed by atoms with Crippen LogP contribution >= 0.6 is 11.8 Å². The van der Waals surface area contributed by atoms with E-state index >= 15 is 0 Å². The summed E-state index contributed by atoms with van der Waals surface area (Å²) in [7, 11) is 4.07. The zero-order valence-corrected chi connectivity index (χ0v) is 18.1. The lowest BCUT2D eigenvalue weighted by atomic mass is 10.1. The summed E-state index contributed by atoms with van der Waals surface area (Å²) in [6.45, 7) is 1.51. The number of H-pyrrole nitrogens is 1. The summed E-state index contributed by atoms with van der Waals surface area (Å²) >= 11 is 1.57. The summed E-state index contributed by atoms with van der Waals surface area (Å²) in [5.74, 6) is 0.762. The first-order chi connectivity index (χ1) is 14.6. The molecule has 0 spiro atoms. The minimum atomic E-state index is -0.161. The summed E-state index contributed by atoms with van der Waals surface area (Å²) < 4.78 is 7.95. The Hall–Kier alpha value is -2.55. The van der Waals surface area contributed by atoms with Gasteiger partial charge in [-0.15, -0.1) is 5.10 Å². The molecular formula is C22H28N5O2S+. The van der Waals surface area contributed by atoms with Crippen molar-refractivity contribution in [1.29, 1.82) is 0 Å². The fourth-order valence-corrected chi connectivity index (χ4v) is 4.53. The first-order valence-corrected chi connectivity index (χ1v) is 11.2. The van der Waals surface area contributed by atoms with Gasteiger partial charge in [0.05, 0.1) is 0 Å². The number of aryl methyl sites for hydroxylation is 1. The second-order valence-corrected chi connectivity index (χ2v) is 8.63. The predicted molar refractivity (Wildman–Crippen MR) is 119 cm³/mol. The smallest absolute Gasteiger partial charge is 0.343 e. The highest BCUT2D eigenvalue weighted by Gasteiger charge is 2.30. The average Bonchev–Trinajstić information content (AvgIpc) is 3.38. The van der Waals surface area contributed by atoms with Crippen LogP contribution in [0.15, 0.2) is 64.5 Å². The molecule has 2 atom stereocenters. The number of aromatic amines is 1. The van der Waals surface area contributed by atoms with Crippen LogP contribution in [0.3, 0.4) is 0 Å². The molecule has 4 rings (SSSR count). The number of rotatable bonds is 8. The number of ether oxygens (including phenoxy) is 1. The van der Waals surface area contributed by atoms with Crippen molar-refractivity contribution in [2.75, 3.05) is 31.3 Å². The molecule has 0 aliphatic carbocycles. The van der Waals surface area contributed by atoms with Crippen LogP contribution in [0.1, 0.15) is 17.4 Å². The Morgan fingerprint density at radius 2 is 1.97 bits per heavy atom.